The average molecular weight is 166 g/mol. The highest BCUT2D eigenvalue weighted by atomic mass is 16.5. The topological polar surface area (TPSA) is 67.5 Å². The molecule has 0 spiro atoms. The van der Waals surface area contributed by atoms with Crippen LogP contribution >= 0.6 is 0 Å². The predicted octanol–water partition coefficient (Wildman–Crippen LogP) is 0.289. The molecule has 1 atom stereocenters. The van der Waals surface area contributed by atoms with E-state index in [-0.39, 0.29) is 11.8 Å². The number of rotatable bonds is 1. The fourth-order valence-corrected chi connectivity index (χ4v) is 1.34. The van der Waals surface area contributed by atoms with Crippen LogP contribution in [0.15, 0.2) is 18.2 Å². The van der Waals surface area contributed by atoms with E-state index in [0.717, 1.165) is 5.56 Å². The Morgan fingerprint density at radius 2 is 2.42 bits per heavy atom. The first-order valence-corrected chi connectivity index (χ1v) is 3.73. The van der Waals surface area contributed by atoms with Crippen molar-refractivity contribution in [1.29, 1.82) is 0 Å². The summed E-state index contributed by atoms with van der Waals surface area (Å²) < 4.78 is 5.28. The summed E-state index contributed by atoms with van der Waals surface area (Å²) in [5.41, 5.74) is 3.63. The molecule has 64 valence electrons. The Kier molecular flexibility index (Phi) is 1.64. The molecule has 0 fully saturated rings. The second-order valence-corrected chi connectivity index (χ2v) is 2.75. The zero-order valence-electron chi connectivity index (χ0n) is 6.45. The van der Waals surface area contributed by atoms with Crippen LogP contribution in [0.5, 0.6) is 11.5 Å². The molecule has 0 saturated carbocycles. The van der Waals surface area contributed by atoms with Crippen LogP contribution in [0.4, 0.5) is 0 Å². The molecule has 0 aromatic heterocycles. The molecule has 1 aromatic carbocycles. The minimum atomic E-state index is 0.0422. The Bertz CT molecular complexity index is 301. The Morgan fingerprint density at radius 1 is 1.58 bits per heavy atom. The van der Waals surface area contributed by atoms with Gasteiger partial charge in [0.15, 0.2) is 0 Å². The zero-order chi connectivity index (χ0) is 8.55. The van der Waals surface area contributed by atoms with Crippen molar-refractivity contribution in [3.05, 3.63) is 23.8 Å². The Hall–Kier alpha value is -1.26. The van der Waals surface area contributed by atoms with E-state index in [0.29, 0.717) is 12.4 Å². The van der Waals surface area contributed by atoms with Crippen LogP contribution in [0.3, 0.4) is 0 Å². The summed E-state index contributed by atoms with van der Waals surface area (Å²) in [5, 5.41) is 9.12. The lowest BCUT2D eigenvalue weighted by atomic mass is 10.1. The molecule has 4 heteroatoms. The van der Waals surface area contributed by atoms with E-state index in [1.54, 1.807) is 12.1 Å². The van der Waals surface area contributed by atoms with Gasteiger partial charge in [-0.3, -0.25) is 5.84 Å². The van der Waals surface area contributed by atoms with Gasteiger partial charge in [0.1, 0.15) is 18.1 Å². The van der Waals surface area contributed by atoms with E-state index in [2.05, 4.69) is 5.43 Å². The van der Waals surface area contributed by atoms with Crippen molar-refractivity contribution in [3.63, 3.8) is 0 Å². The molecule has 0 bridgehead atoms. The fourth-order valence-electron chi connectivity index (χ4n) is 1.34. The molecule has 0 radical (unpaired) electrons. The Balaban J connectivity index is 2.40. The molecule has 1 aliphatic heterocycles. The number of hydrogen-bond acceptors (Lipinski definition) is 4. The fraction of sp³-hybridized carbons (Fsp3) is 0.250. The van der Waals surface area contributed by atoms with Crippen molar-refractivity contribution in [2.75, 3.05) is 6.61 Å². The quantitative estimate of drug-likeness (QED) is 0.414. The van der Waals surface area contributed by atoms with Gasteiger partial charge in [-0.15, -0.1) is 0 Å². The van der Waals surface area contributed by atoms with E-state index in [1.165, 1.54) is 0 Å². The van der Waals surface area contributed by atoms with Crippen molar-refractivity contribution in [2.24, 2.45) is 5.84 Å². The lowest BCUT2D eigenvalue weighted by molar-refractivity contribution is 0.312. The number of benzene rings is 1. The maximum absolute atomic E-state index is 9.12. The second-order valence-electron chi connectivity index (χ2n) is 2.75. The van der Waals surface area contributed by atoms with Crippen LogP contribution in [0, 0.1) is 0 Å². The highest BCUT2D eigenvalue weighted by Gasteiger charge is 2.22. The standard InChI is InChI=1S/C8H10N2O2/c9-10-7-4-12-8-3-5(11)1-2-6(7)8/h1-3,7,10-11H,4,9H2/t7-/m0/s1. The minimum absolute atomic E-state index is 0.0422. The number of hydrogen-bond donors (Lipinski definition) is 3. The van der Waals surface area contributed by atoms with E-state index in [1.807, 2.05) is 6.07 Å². The molecule has 4 N–H and O–H groups in total. The maximum Gasteiger partial charge on any atom is 0.128 e. The van der Waals surface area contributed by atoms with Gasteiger partial charge in [-0.2, -0.15) is 0 Å². The lowest BCUT2D eigenvalue weighted by Gasteiger charge is -2.04. The molecule has 0 amide bonds. The van der Waals surface area contributed by atoms with Gasteiger partial charge in [-0.25, -0.2) is 5.43 Å². The normalized spacial score (nSPS) is 20.2. The smallest absolute Gasteiger partial charge is 0.128 e. The first-order chi connectivity index (χ1) is 5.81. The van der Waals surface area contributed by atoms with Crippen LogP contribution in [-0.4, -0.2) is 11.7 Å². The van der Waals surface area contributed by atoms with Crippen LogP contribution in [0.2, 0.25) is 0 Å². The summed E-state index contributed by atoms with van der Waals surface area (Å²) in [6.45, 7) is 0.523. The molecule has 0 unspecified atom stereocenters. The molecule has 0 aliphatic carbocycles. The summed E-state index contributed by atoms with van der Waals surface area (Å²) in [5.74, 6) is 6.21. The second kappa shape index (κ2) is 2.66. The third-order valence-electron chi connectivity index (χ3n) is 1.98. The van der Waals surface area contributed by atoms with Gasteiger partial charge in [-0.05, 0) is 12.1 Å². The van der Waals surface area contributed by atoms with Gasteiger partial charge in [0.05, 0.1) is 6.04 Å². The number of nitrogens with two attached hydrogens (primary N) is 1. The molecule has 1 heterocycles. The van der Waals surface area contributed by atoms with E-state index < -0.39 is 0 Å². The van der Waals surface area contributed by atoms with Gasteiger partial charge in [0.25, 0.3) is 0 Å². The number of nitrogens with one attached hydrogen (secondary N) is 1. The number of hydrazine groups is 1. The first kappa shape index (κ1) is 7.39. The number of fused-ring (bicyclic) bond motifs is 1. The van der Waals surface area contributed by atoms with Crippen LogP contribution in [0.25, 0.3) is 0 Å². The van der Waals surface area contributed by atoms with E-state index in [4.69, 9.17) is 15.7 Å². The molecular formula is C8H10N2O2. The van der Waals surface area contributed by atoms with Crippen molar-refractivity contribution < 1.29 is 9.84 Å². The van der Waals surface area contributed by atoms with Gasteiger partial charge in [0.2, 0.25) is 0 Å². The Morgan fingerprint density at radius 3 is 3.17 bits per heavy atom. The average Bonchev–Trinajstić information content (AvgIpc) is 2.46. The third-order valence-corrected chi connectivity index (χ3v) is 1.98. The molecule has 1 aromatic rings. The highest BCUT2D eigenvalue weighted by Crippen LogP contribution is 2.34. The van der Waals surface area contributed by atoms with Crippen molar-refractivity contribution >= 4 is 0 Å². The lowest BCUT2D eigenvalue weighted by Crippen LogP contribution is -2.28. The largest absolute Gasteiger partial charge is 0.508 e. The van der Waals surface area contributed by atoms with Crippen LogP contribution in [0.1, 0.15) is 11.6 Å². The third kappa shape index (κ3) is 1.01. The molecule has 0 saturated heterocycles. The number of phenolic OH excluding ortho intramolecular Hbond substituents is 1. The summed E-state index contributed by atoms with van der Waals surface area (Å²) in [4.78, 5) is 0. The monoisotopic (exact) mass is 166 g/mol. The molecule has 12 heavy (non-hydrogen) atoms. The van der Waals surface area contributed by atoms with E-state index in [9.17, 15) is 0 Å². The maximum atomic E-state index is 9.12. The Labute approximate surface area is 69.9 Å². The van der Waals surface area contributed by atoms with Gasteiger partial charge < -0.3 is 9.84 Å². The summed E-state index contributed by atoms with van der Waals surface area (Å²) >= 11 is 0. The highest BCUT2D eigenvalue weighted by molar-refractivity contribution is 5.44. The van der Waals surface area contributed by atoms with E-state index >= 15 is 0 Å². The number of ether oxygens (including phenoxy) is 1. The van der Waals surface area contributed by atoms with Gasteiger partial charge in [-0.1, -0.05) is 0 Å². The van der Waals surface area contributed by atoms with Crippen molar-refractivity contribution in [2.45, 2.75) is 6.04 Å². The molecule has 2 rings (SSSR count). The predicted molar refractivity (Wildman–Crippen MR) is 43.7 cm³/mol. The summed E-state index contributed by atoms with van der Waals surface area (Å²) in [7, 11) is 0. The van der Waals surface area contributed by atoms with Gasteiger partial charge >= 0.3 is 0 Å². The summed E-state index contributed by atoms with van der Waals surface area (Å²) in [6.07, 6.45) is 0. The molecular weight excluding hydrogens is 156 g/mol. The minimum Gasteiger partial charge on any atom is -0.508 e. The SMILES string of the molecule is NN[C@H]1COc2cc(O)ccc21. The molecule has 4 nitrogen and oxygen atoms in total. The summed E-state index contributed by atoms with van der Waals surface area (Å²) in [6, 6.07) is 5.06. The van der Waals surface area contributed by atoms with Crippen molar-refractivity contribution in [3.8, 4) is 11.5 Å². The van der Waals surface area contributed by atoms with Crippen LogP contribution < -0.4 is 16.0 Å². The van der Waals surface area contributed by atoms with Crippen LogP contribution in [-0.2, 0) is 0 Å². The van der Waals surface area contributed by atoms with Crippen molar-refractivity contribution in [1.82, 2.24) is 5.43 Å². The van der Waals surface area contributed by atoms with Gasteiger partial charge in [0, 0.05) is 11.6 Å². The number of phenols is 1. The first-order valence-electron chi connectivity index (χ1n) is 3.73. The zero-order valence-corrected chi connectivity index (χ0v) is 6.45. The molecule has 1 aliphatic rings. The number of aromatic hydroxyl groups is 1.